The Bertz CT molecular complexity index is 835. The van der Waals surface area contributed by atoms with Crippen molar-refractivity contribution in [3.63, 3.8) is 0 Å². The second-order valence-electron chi connectivity index (χ2n) is 4.98. The number of aromatic nitrogens is 2. The van der Waals surface area contributed by atoms with E-state index in [0.29, 0.717) is 27.7 Å². The first-order valence-corrected chi connectivity index (χ1v) is 7.23. The van der Waals surface area contributed by atoms with E-state index in [-0.39, 0.29) is 11.6 Å². The van der Waals surface area contributed by atoms with Crippen LogP contribution in [0.1, 0.15) is 16.8 Å². The molecule has 7 heteroatoms. The monoisotopic (exact) mass is 331 g/mol. The van der Waals surface area contributed by atoms with Gasteiger partial charge >= 0.3 is 5.97 Å². The zero-order chi connectivity index (χ0) is 16.6. The van der Waals surface area contributed by atoms with Crippen molar-refractivity contribution in [1.82, 2.24) is 9.78 Å². The minimum absolute atomic E-state index is 0.189. The van der Waals surface area contributed by atoms with Crippen molar-refractivity contribution in [3.05, 3.63) is 51.9 Å². The second kappa shape index (κ2) is 5.89. The highest BCUT2D eigenvalue weighted by atomic mass is 35.5. The maximum Gasteiger partial charge on any atom is 0.363 e. The van der Waals surface area contributed by atoms with Gasteiger partial charge < -0.3 is 9.47 Å². The van der Waals surface area contributed by atoms with Gasteiger partial charge in [0.2, 0.25) is 5.90 Å². The third-order valence-corrected chi connectivity index (χ3v) is 3.88. The van der Waals surface area contributed by atoms with Crippen LogP contribution in [0, 0.1) is 6.92 Å². The standard InChI is InChI=1S/C16H14ClN3O3/c1-9-12(14(17)20(2)19-9)8-13-16(21)23-15(18-13)10-4-6-11(22-3)7-5-10/h4-8H,1-3H3/b13-8+. The maximum atomic E-state index is 12.0. The van der Waals surface area contributed by atoms with Gasteiger partial charge in [-0.15, -0.1) is 0 Å². The smallest absolute Gasteiger partial charge is 0.363 e. The minimum Gasteiger partial charge on any atom is -0.497 e. The fourth-order valence-electron chi connectivity index (χ4n) is 2.21. The molecule has 1 aliphatic heterocycles. The number of benzene rings is 1. The topological polar surface area (TPSA) is 65.7 Å². The number of aryl methyl sites for hydroxylation is 2. The summed E-state index contributed by atoms with van der Waals surface area (Å²) in [7, 11) is 3.32. The number of carbonyl (C=O) groups excluding carboxylic acids is 1. The molecule has 0 spiro atoms. The van der Waals surface area contributed by atoms with E-state index in [4.69, 9.17) is 21.1 Å². The van der Waals surface area contributed by atoms with E-state index in [1.165, 1.54) is 4.68 Å². The first-order chi connectivity index (χ1) is 11.0. The van der Waals surface area contributed by atoms with Crippen molar-refractivity contribution in [2.75, 3.05) is 7.11 Å². The van der Waals surface area contributed by atoms with Crippen LogP contribution < -0.4 is 4.74 Å². The zero-order valence-corrected chi connectivity index (χ0v) is 13.6. The Hall–Kier alpha value is -2.60. The van der Waals surface area contributed by atoms with Gasteiger partial charge in [-0.25, -0.2) is 9.79 Å². The van der Waals surface area contributed by atoms with Crippen LogP contribution in [0.5, 0.6) is 5.75 Å². The molecule has 0 radical (unpaired) electrons. The third-order valence-electron chi connectivity index (χ3n) is 3.43. The van der Waals surface area contributed by atoms with Gasteiger partial charge in [-0.3, -0.25) is 4.68 Å². The van der Waals surface area contributed by atoms with Crippen LogP contribution in [-0.2, 0) is 16.6 Å². The molecule has 6 nitrogen and oxygen atoms in total. The molecular formula is C16H14ClN3O3. The number of ether oxygens (including phenoxy) is 2. The number of esters is 1. The predicted molar refractivity (Wildman–Crippen MR) is 86.6 cm³/mol. The summed E-state index contributed by atoms with van der Waals surface area (Å²) in [6, 6.07) is 7.09. The first-order valence-electron chi connectivity index (χ1n) is 6.85. The summed E-state index contributed by atoms with van der Waals surface area (Å²) in [5.74, 6) is 0.448. The average Bonchev–Trinajstić information content (AvgIpc) is 3.03. The van der Waals surface area contributed by atoms with Crippen LogP contribution in [0.15, 0.2) is 35.0 Å². The quantitative estimate of drug-likeness (QED) is 0.640. The largest absolute Gasteiger partial charge is 0.497 e. The molecule has 2 aromatic rings. The molecule has 1 aromatic heterocycles. The fraction of sp³-hybridized carbons (Fsp3) is 0.188. The van der Waals surface area contributed by atoms with Crippen LogP contribution in [-0.4, -0.2) is 28.8 Å². The number of halogens is 1. The lowest BCUT2D eigenvalue weighted by molar-refractivity contribution is -0.129. The lowest BCUT2D eigenvalue weighted by Gasteiger charge is -2.01. The molecule has 0 atom stereocenters. The molecule has 23 heavy (non-hydrogen) atoms. The molecule has 0 fully saturated rings. The van der Waals surface area contributed by atoms with Gasteiger partial charge in [0.05, 0.1) is 12.8 Å². The van der Waals surface area contributed by atoms with E-state index < -0.39 is 5.97 Å². The number of rotatable bonds is 3. The summed E-state index contributed by atoms with van der Waals surface area (Å²) in [5.41, 5.74) is 2.25. The molecule has 0 saturated heterocycles. The number of nitrogens with zero attached hydrogens (tertiary/aromatic N) is 3. The van der Waals surface area contributed by atoms with Gasteiger partial charge in [0, 0.05) is 18.2 Å². The normalized spacial score (nSPS) is 15.7. The van der Waals surface area contributed by atoms with Gasteiger partial charge in [-0.2, -0.15) is 5.10 Å². The van der Waals surface area contributed by atoms with E-state index in [1.807, 2.05) is 6.92 Å². The lowest BCUT2D eigenvalue weighted by atomic mass is 10.2. The van der Waals surface area contributed by atoms with E-state index in [1.54, 1.807) is 44.5 Å². The molecular weight excluding hydrogens is 318 g/mol. The maximum absolute atomic E-state index is 12.0. The Morgan fingerprint density at radius 3 is 2.57 bits per heavy atom. The molecule has 1 aliphatic rings. The summed E-state index contributed by atoms with van der Waals surface area (Å²) >= 11 is 6.17. The highest BCUT2D eigenvalue weighted by molar-refractivity contribution is 6.31. The second-order valence-corrected chi connectivity index (χ2v) is 5.34. The molecule has 2 heterocycles. The Kier molecular flexibility index (Phi) is 3.92. The molecule has 3 rings (SSSR count). The number of carbonyl (C=O) groups is 1. The molecule has 118 valence electrons. The van der Waals surface area contributed by atoms with Gasteiger partial charge in [-0.05, 0) is 37.3 Å². The van der Waals surface area contributed by atoms with Crippen molar-refractivity contribution < 1.29 is 14.3 Å². The Balaban J connectivity index is 1.96. The summed E-state index contributed by atoms with van der Waals surface area (Å²) < 4.78 is 11.9. The van der Waals surface area contributed by atoms with Crippen molar-refractivity contribution in [1.29, 1.82) is 0 Å². The Labute approximate surface area is 138 Å². The van der Waals surface area contributed by atoms with Crippen molar-refractivity contribution in [3.8, 4) is 5.75 Å². The third kappa shape index (κ3) is 2.85. The van der Waals surface area contributed by atoms with E-state index in [2.05, 4.69) is 10.1 Å². The Morgan fingerprint density at radius 2 is 2.00 bits per heavy atom. The highest BCUT2D eigenvalue weighted by Crippen LogP contribution is 2.25. The summed E-state index contributed by atoms with van der Waals surface area (Å²) in [6.45, 7) is 1.81. The van der Waals surface area contributed by atoms with Crippen molar-refractivity contribution >= 4 is 29.5 Å². The first kappa shape index (κ1) is 15.3. The number of cyclic esters (lactones) is 1. The number of hydrogen-bond donors (Lipinski definition) is 0. The lowest BCUT2D eigenvalue weighted by Crippen LogP contribution is -2.05. The van der Waals surface area contributed by atoms with Crippen LogP contribution in [0.3, 0.4) is 0 Å². The van der Waals surface area contributed by atoms with Gasteiger partial charge in [0.15, 0.2) is 5.70 Å². The molecule has 0 aliphatic carbocycles. The molecule has 0 amide bonds. The molecule has 0 N–H and O–H groups in total. The van der Waals surface area contributed by atoms with Crippen molar-refractivity contribution in [2.24, 2.45) is 12.0 Å². The van der Waals surface area contributed by atoms with Crippen LogP contribution in [0.25, 0.3) is 6.08 Å². The fourth-order valence-corrected chi connectivity index (χ4v) is 2.44. The van der Waals surface area contributed by atoms with E-state index >= 15 is 0 Å². The van der Waals surface area contributed by atoms with E-state index in [0.717, 1.165) is 0 Å². The van der Waals surface area contributed by atoms with Gasteiger partial charge in [0.25, 0.3) is 0 Å². The summed E-state index contributed by atoms with van der Waals surface area (Å²) in [5, 5.41) is 4.64. The molecule has 0 unspecified atom stereocenters. The van der Waals surface area contributed by atoms with Crippen LogP contribution >= 0.6 is 11.6 Å². The average molecular weight is 332 g/mol. The highest BCUT2D eigenvalue weighted by Gasteiger charge is 2.25. The minimum atomic E-state index is -0.518. The van der Waals surface area contributed by atoms with E-state index in [9.17, 15) is 4.79 Å². The van der Waals surface area contributed by atoms with Gasteiger partial charge in [0.1, 0.15) is 10.9 Å². The summed E-state index contributed by atoms with van der Waals surface area (Å²) in [4.78, 5) is 16.3. The molecule has 0 saturated carbocycles. The number of methoxy groups -OCH3 is 1. The predicted octanol–water partition coefficient (Wildman–Crippen LogP) is 2.74. The molecule has 0 bridgehead atoms. The molecule has 1 aromatic carbocycles. The SMILES string of the molecule is COc1ccc(C2=N/C(=C/c3c(C)nn(C)c3Cl)C(=O)O2)cc1. The Morgan fingerprint density at radius 1 is 1.30 bits per heavy atom. The zero-order valence-electron chi connectivity index (χ0n) is 12.8. The van der Waals surface area contributed by atoms with Crippen molar-refractivity contribution in [2.45, 2.75) is 6.92 Å². The van der Waals surface area contributed by atoms with Crippen LogP contribution in [0.2, 0.25) is 5.15 Å². The number of hydrogen-bond acceptors (Lipinski definition) is 5. The number of aliphatic imine (C=N–C) groups is 1. The van der Waals surface area contributed by atoms with Gasteiger partial charge in [-0.1, -0.05) is 11.6 Å². The van der Waals surface area contributed by atoms with Crippen LogP contribution in [0.4, 0.5) is 0 Å². The summed E-state index contributed by atoms with van der Waals surface area (Å²) in [6.07, 6.45) is 1.59.